The average Bonchev–Trinajstić information content (AvgIpc) is 2.95. The van der Waals surface area contributed by atoms with Gasteiger partial charge < -0.3 is 9.52 Å². The lowest BCUT2D eigenvalue weighted by Gasteiger charge is -2.03. The van der Waals surface area contributed by atoms with Crippen molar-refractivity contribution in [2.24, 2.45) is 0 Å². The maximum Gasteiger partial charge on any atom is 0.371 e. The molecule has 0 spiro atoms. The molecule has 0 saturated heterocycles. The molecule has 3 N–H and O–H groups in total. The third-order valence-corrected chi connectivity index (χ3v) is 3.90. The van der Waals surface area contributed by atoms with Crippen molar-refractivity contribution in [3.63, 3.8) is 0 Å². The number of H-pyrrole nitrogens is 1. The van der Waals surface area contributed by atoms with Crippen molar-refractivity contribution in [1.29, 1.82) is 0 Å². The van der Waals surface area contributed by atoms with Crippen LogP contribution in [-0.2, 0) is 16.6 Å². The van der Waals surface area contributed by atoms with Crippen LogP contribution in [0, 0.1) is 6.92 Å². The van der Waals surface area contributed by atoms with Gasteiger partial charge in [0.2, 0.25) is 15.8 Å². The van der Waals surface area contributed by atoms with E-state index in [-0.39, 0.29) is 23.0 Å². The molecule has 102 valence electrons. The van der Waals surface area contributed by atoms with E-state index in [0.29, 0.717) is 5.69 Å². The summed E-state index contributed by atoms with van der Waals surface area (Å²) in [5.74, 6) is -1.24. The molecule has 0 saturated carbocycles. The van der Waals surface area contributed by atoms with Crippen LogP contribution in [0.25, 0.3) is 0 Å². The highest BCUT2D eigenvalue weighted by Crippen LogP contribution is 2.13. The number of carbonyl (C=O) groups is 1. The minimum Gasteiger partial charge on any atom is -0.475 e. The number of aromatic carboxylic acids is 1. The number of rotatable bonds is 5. The Labute approximate surface area is 108 Å². The number of sulfonamides is 1. The minimum absolute atomic E-state index is 0.0394. The van der Waals surface area contributed by atoms with Gasteiger partial charge in [0.25, 0.3) is 0 Å². The number of aromatic nitrogens is 2. The van der Waals surface area contributed by atoms with E-state index in [0.717, 1.165) is 0 Å². The van der Waals surface area contributed by atoms with Gasteiger partial charge in [-0.15, -0.1) is 0 Å². The Hall–Kier alpha value is -2.13. The molecule has 0 atom stereocenters. The summed E-state index contributed by atoms with van der Waals surface area (Å²) in [4.78, 5) is 10.6. The molecule has 0 bridgehead atoms. The molecule has 2 rings (SSSR count). The van der Waals surface area contributed by atoms with E-state index in [9.17, 15) is 13.2 Å². The Kier molecular flexibility index (Phi) is 3.40. The van der Waals surface area contributed by atoms with Gasteiger partial charge in [0.05, 0.1) is 18.4 Å². The molecule has 2 aromatic heterocycles. The molecule has 19 heavy (non-hydrogen) atoms. The lowest BCUT2D eigenvalue weighted by atomic mass is 10.4. The zero-order valence-electron chi connectivity index (χ0n) is 9.87. The number of aryl methyl sites for hydroxylation is 1. The van der Waals surface area contributed by atoms with E-state index in [1.165, 1.54) is 18.3 Å². The first-order chi connectivity index (χ1) is 8.90. The molecule has 9 heteroatoms. The summed E-state index contributed by atoms with van der Waals surface area (Å²) in [7, 11) is -3.71. The number of aromatic amines is 1. The van der Waals surface area contributed by atoms with Crippen molar-refractivity contribution < 1.29 is 22.7 Å². The second-order valence-electron chi connectivity index (χ2n) is 3.75. The quantitative estimate of drug-likeness (QED) is 0.734. The number of nitrogens with one attached hydrogen (secondary N) is 2. The third kappa shape index (κ3) is 2.83. The standard InChI is InChI=1S/C10H11N3O5S/c1-6-9(5-11-13-6)19(16,17)12-4-7-2-3-8(18-7)10(14)15/h2-3,5,12H,4H2,1H3,(H,11,13)(H,14,15). The zero-order chi connectivity index (χ0) is 14.0. The first-order valence-corrected chi connectivity index (χ1v) is 6.70. The predicted molar refractivity (Wildman–Crippen MR) is 63.0 cm³/mol. The van der Waals surface area contributed by atoms with Crippen LogP contribution in [0.5, 0.6) is 0 Å². The van der Waals surface area contributed by atoms with Gasteiger partial charge in [0, 0.05) is 0 Å². The largest absolute Gasteiger partial charge is 0.475 e. The van der Waals surface area contributed by atoms with Crippen molar-refractivity contribution >= 4 is 16.0 Å². The summed E-state index contributed by atoms with van der Waals surface area (Å²) < 4.78 is 31.0. The monoisotopic (exact) mass is 285 g/mol. The lowest BCUT2D eigenvalue weighted by molar-refractivity contribution is 0.0660. The van der Waals surface area contributed by atoms with Gasteiger partial charge in [-0.25, -0.2) is 17.9 Å². The highest BCUT2D eigenvalue weighted by Gasteiger charge is 2.19. The number of hydrogen-bond acceptors (Lipinski definition) is 5. The molecule has 0 aliphatic carbocycles. The fraction of sp³-hybridized carbons (Fsp3) is 0.200. The maximum atomic E-state index is 11.9. The molecule has 0 aliphatic rings. The normalized spacial score (nSPS) is 11.6. The molecule has 2 heterocycles. The highest BCUT2D eigenvalue weighted by molar-refractivity contribution is 7.89. The number of nitrogens with zero attached hydrogens (tertiary/aromatic N) is 1. The Morgan fingerprint density at radius 3 is 2.79 bits per heavy atom. The van der Waals surface area contributed by atoms with E-state index in [1.807, 2.05) is 0 Å². The summed E-state index contributed by atoms with van der Waals surface area (Å²) >= 11 is 0. The second kappa shape index (κ2) is 4.86. The van der Waals surface area contributed by atoms with Crippen molar-refractivity contribution in [3.8, 4) is 0 Å². The molecule has 0 aromatic carbocycles. The topological polar surface area (TPSA) is 125 Å². The maximum absolute atomic E-state index is 11.9. The summed E-state index contributed by atoms with van der Waals surface area (Å²) in [5, 5.41) is 14.8. The number of hydrogen-bond donors (Lipinski definition) is 3. The van der Waals surface area contributed by atoms with Crippen molar-refractivity contribution in [3.05, 3.63) is 35.5 Å². The van der Waals surface area contributed by atoms with E-state index in [4.69, 9.17) is 9.52 Å². The molecule has 0 aliphatic heterocycles. The van der Waals surface area contributed by atoms with Crippen LogP contribution in [0.2, 0.25) is 0 Å². The fourth-order valence-corrected chi connectivity index (χ4v) is 2.57. The smallest absolute Gasteiger partial charge is 0.371 e. The summed E-state index contributed by atoms with van der Waals surface area (Å²) in [6, 6.07) is 2.66. The molecule has 0 fully saturated rings. The van der Waals surface area contributed by atoms with Gasteiger partial charge in [-0.1, -0.05) is 0 Å². The van der Waals surface area contributed by atoms with Gasteiger partial charge in [0.15, 0.2) is 0 Å². The van der Waals surface area contributed by atoms with Crippen LogP contribution in [-0.4, -0.2) is 29.7 Å². The van der Waals surface area contributed by atoms with Gasteiger partial charge in [0.1, 0.15) is 10.7 Å². The van der Waals surface area contributed by atoms with Crippen LogP contribution in [0.4, 0.5) is 0 Å². The summed E-state index contributed by atoms with van der Waals surface area (Å²) in [6.45, 7) is 1.44. The summed E-state index contributed by atoms with van der Waals surface area (Å²) in [6.07, 6.45) is 1.20. The first-order valence-electron chi connectivity index (χ1n) is 5.22. The fourth-order valence-electron chi connectivity index (χ4n) is 1.44. The third-order valence-electron chi connectivity index (χ3n) is 2.38. The van der Waals surface area contributed by atoms with Crippen LogP contribution >= 0.6 is 0 Å². The van der Waals surface area contributed by atoms with Gasteiger partial charge >= 0.3 is 5.97 Å². The summed E-state index contributed by atoms with van der Waals surface area (Å²) in [5.41, 5.74) is 0.415. The molecule has 8 nitrogen and oxygen atoms in total. The van der Waals surface area contributed by atoms with Crippen molar-refractivity contribution in [1.82, 2.24) is 14.9 Å². The molecular formula is C10H11N3O5S. The SMILES string of the molecule is Cc1[nH]ncc1S(=O)(=O)NCc1ccc(C(=O)O)o1. The van der Waals surface area contributed by atoms with Gasteiger partial charge in [-0.05, 0) is 19.1 Å². The Morgan fingerprint density at radius 2 is 2.26 bits per heavy atom. The molecule has 2 aromatic rings. The Balaban J connectivity index is 2.10. The number of furan rings is 1. The average molecular weight is 285 g/mol. The van der Waals surface area contributed by atoms with Crippen LogP contribution in [0.3, 0.4) is 0 Å². The van der Waals surface area contributed by atoms with E-state index in [1.54, 1.807) is 6.92 Å². The van der Waals surface area contributed by atoms with Crippen LogP contribution in [0.15, 0.2) is 27.6 Å². The lowest BCUT2D eigenvalue weighted by Crippen LogP contribution is -2.23. The molecule has 0 radical (unpaired) electrons. The van der Waals surface area contributed by atoms with E-state index < -0.39 is 16.0 Å². The molecule has 0 amide bonds. The Bertz CT molecular complexity index is 700. The van der Waals surface area contributed by atoms with E-state index in [2.05, 4.69) is 14.9 Å². The van der Waals surface area contributed by atoms with Crippen LogP contribution in [0.1, 0.15) is 22.0 Å². The first kappa shape index (κ1) is 13.3. The minimum atomic E-state index is -3.71. The Morgan fingerprint density at radius 1 is 1.53 bits per heavy atom. The zero-order valence-corrected chi connectivity index (χ0v) is 10.7. The van der Waals surface area contributed by atoms with Crippen LogP contribution < -0.4 is 4.72 Å². The molecular weight excluding hydrogens is 274 g/mol. The van der Waals surface area contributed by atoms with Crippen molar-refractivity contribution in [2.75, 3.05) is 0 Å². The van der Waals surface area contributed by atoms with Gasteiger partial charge in [-0.2, -0.15) is 5.10 Å². The van der Waals surface area contributed by atoms with Crippen molar-refractivity contribution in [2.45, 2.75) is 18.4 Å². The van der Waals surface area contributed by atoms with E-state index >= 15 is 0 Å². The van der Waals surface area contributed by atoms with Gasteiger partial charge in [-0.3, -0.25) is 5.10 Å². The number of carboxylic acid groups (broad SMARTS) is 1. The second-order valence-corrected chi connectivity index (χ2v) is 5.49. The number of carboxylic acids is 1. The predicted octanol–water partition coefficient (Wildman–Crippen LogP) is 0.488. The molecule has 0 unspecified atom stereocenters. The highest BCUT2D eigenvalue weighted by atomic mass is 32.2.